The molecule has 1 atom stereocenters. The van der Waals surface area contributed by atoms with E-state index in [0.29, 0.717) is 10.6 Å². The molecule has 4 nitrogen and oxygen atoms in total. The van der Waals surface area contributed by atoms with Crippen LogP contribution in [-0.4, -0.2) is 21.8 Å². The van der Waals surface area contributed by atoms with Crippen molar-refractivity contribution in [2.45, 2.75) is 19.1 Å². The van der Waals surface area contributed by atoms with Gasteiger partial charge < -0.3 is 9.67 Å². The standard InChI is InChI=1S/C9H8F3NO3/c1-5(9(10,11)12)13-3-2-6(8(15)16)4-7(13)14/h2-5H,1H3,(H,15,16). The maximum Gasteiger partial charge on any atom is 0.408 e. The summed E-state index contributed by atoms with van der Waals surface area (Å²) < 4.78 is 37.3. The van der Waals surface area contributed by atoms with E-state index in [1.54, 1.807) is 0 Å². The van der Waals surface area contributed by atoms with Gasteiger partial charge in [0.25, 0.3) is 5.56 Å². The fourth-order valence-electron chi connectivity index (χ4n) is 1.10. The van der Waals surface area contributed by atoms with Gasteiger partial charge in [-0.1, -0.05) is 0 Å². The molecule has 1 aromatic heterocycles. The third kappa shape index (κ3) is 2.41. The summed E-state index contributed by atoms with van der Waals surface area (Å²) in [6, 6.07) is -0.376. The van der Waals surface area contributed by atoms with Crippen molar-refractivity contribution < 1.29 is 23.1 Å². The highest BCUT2D eigenvalue weighted by atomic mass is 19.4. The highest BCUT2D eigenvalue weighted by Gasteiger charge is 2.37. The molecule has 1 N–H and O–H groups in total. The Labute approximate surface area is 87.9 Å². The highest BCUT2D eigenvalue weighted by molar-refractivity contribution is 5.87. The van der Waals surface area contributed by atoms with Crippen molar-refractivity contribution in [1.29, 1.82) is 0 Å². The summed E-state index contributed by atoms with van der Waals surface area (Å²) in [6.07, 6.45) is -3.72. The molecule has 16 heavy (non-hydrogen) atoms. The van der Waals surface area contributed by atoms with Gasteiger partial charge >= 0.3 is 12.1 Å². The number of rotatable bonds is 2. The number of hydrogen-bond donors (Lipinski definition) is 1. The summed E-state index contributed by atoms with van der Waals surface area (Å²) >= 11 is 0. The number of nitrogens with zero attached hydrogens (tertiary/aromatic N) is 1. The molecule has 0 radical (unpaired) electrons. The zero-order valence-corrected chi connectivity index (χ0v) is 8.15. The zero-order valence-electron chi connectivity index (χ0n) is 8.15. The molecule has 0 amide bonds. The van der Waals surface area contributed by atoms with Crippen LogP contribution >= 0.6 is 0 Å². The molecule has 88 valence electrons. The number of carboxylic acid groups (broad SMARTS) is 1. The second-order valence-corrected chi connectivity index (χ2v) is 3.18. The molecule has 0 aliphatic heterocycles. The molecule has 0 aromatic carbocycles. The second kappa shape index (κ2) is 3.99. The smallest absolute Gasteiger partial charge is 0.408 e. The first-order chi connectivity index (χ1) is 7.23. The van der Waals surface area contributed by atoms with Crippen molar-refractivity contribution in [3.8, 4) is 0 Å². The average Bonchev–Trinajstić information content (AvgIpc) is 2.15. The third-order valence-electron chi connectivity index (χ3n) is 2.09. The van der Waals surface area contributed by atoms with Crippen LogP contribution in [0.15, 0.2) is 23.1 Å². The first-order valence-electron chi connectivity index (χ1n) is 4.25. The van der Waals surface area contributed by atoms with E-state index in [4.69, 9.17) is 5.11 Å². The van der Waals surface area contributed by atoms with E-state index in [0.717, 1.165) is 19.2 Å². The minimum atomic E-state index is -4.55. The summed E-state index contributed by atoms with van der Waals surface area (Å²) in [5, 5.41) is 8.53. The van der Waals surface area contributed by atoms with Gasteiger partial charge in [0.15, 0.2) is 0 Å². The lowest BCUT2D eigenvalue weighted by molar-refractivity contribution is -0.163. The fraction of sp³-hybridized carbons (Fsp3) is 0.333. The Hall–Kier alpha value is -1.79. The van der Waals surface area contributed by atoms with E-state index < -0.39 is 23.7 Å². The predicted octanol–water partition coefficient (Wildman–Crippen LogP) is 1.67. The quantitative estimate of drug-likeness (QED) is 0.848. The Bertz CT molecular complexity index is 464. The molecule has 0 aliphatic rings. The van der Waals surface area contributed by atoms with Crippen molar-refractivity contribution in [2.75, 3.05) is 0 Å². The van der Waals surface area contributed by atoms with Gasteiger partial charge in [0.2, 0.25) is 0 Å². The van der Waals surface area contributed by atoms with E-state index in [2.05, 4.69) is 0 Å². The van der Waals surface area contributed by atoms with Crippen molar-refractivity contribution >= 4 is 5.97 Å². The van der Waals surface area contributed by atoms with Gasteiger partial charge in [-0.05, 0) is 13.0 Å². The van der Waals surface area contributed by atoms with Crippen LogP contribution < -0.4 is 5.56 Å². The first-order valence-corrected chi connectivity index (χ1v) is 4.25. The van der Waals surface area contributed by atoms with Crippen molar-refractivity contribution in [1.82, 2.24) is 4.57 Å². The molecule has 0 bridgehead atoms. The number of carboxylic acids is 1. The summed E-state index contributed by atoms with van der Waals surface area (Å²) in [7, 11) is 0. The van der Waals surface area contributed by atoms with E-state index >= 15 is 0 Å². The zero-order chi connectivity index (χ0) is 12.5. The maximum absolute atomic E-state index is 12.3. The van der Waals surface area contributed by atoms with Crippen LogP contribution in [0.3, 0.4) is 0 Å². The maximum atomic E-state index is 12.3. The van der Waals surface area contributed by atoms with Gasteiger partial charge in [0.1, 0.15) is 6.04 Å². The Morgan fingerprint density at radius 2 is 2.06 bits per heavy atom. The van der Waals surface area contributed by atoms with Crippen LogP contribution in [0.5, 0.6) is 0 Å². The van der Waals surface area contributed by atoms with Crippen LogP contribution in [-0.2, 0) is 0 Å². The van der Waals surface area contributed by atoms with Crippen molar-refractivity contribution in [3.63, 3.8) is 0 Å². The Morgan fingerprint density at radius 1 is 1.50 bits per heavy atom. The number of hydrogen-bond acceptors (Lipinski definition) is 2. The first kappa shape index (κ1) is 12.3. The fourth-order valence-corrected chi connectivity index (χ4v) is 1.10. The lowest BCUT2D eigenvalue weighted by Gasteiger charge is -2.18. The predicted molar refractivity (Wildman–Crippen MR) is 48.4 cm³/mol. The second-order valence-electron chi connectivity index (χ2n) is 3.18. The normalized spacial score (nSPS) is 13.5. The van der Waals surface area contributed by atoms with Gasteiger partial charge in [-0.3, -0.25) is 4.79 Å². The SMILES string of the molecule is CC(n1ccc(C(=O)O)cc1=O)C(F)(F)F. The van der Waals surface area contributed by atoms with Crippen LogP contribution in [0.1, 0.15) is 23.3 Å². The van der Waals surface area contributed by atoms with Gasteiger partial charge in [0, 0.05) is 12.3 Å². The van der Waals surface area contributed by atoms with E-state index in [1.807, 2.05) is 0 Å². The molecule has 1 unspecified atom stereocenters. The lowest BCUT2D eigenvalue weighted by atomic mass is 10.2. The van der Waals surface area contributed by atoms with Gasteiger partial charge in [-0.2, -0.15) is 13.2 Å². The minimum Gasteiger partial charge on any atom is -0.478 e. The van der Waals surface area contributed by atoms with Crippen LogP contribution in [0.2, 0.25) is 0 Å². The highest BCUT2D eigenvalue weighted by Crippen LogP contribution is 2.28. The molecule has 0 fully saturated rings. The topological polar surface area (TPSA) is 59.3 Å². The van der Waals surface area contributed by atoms with E-state index in [1.165, 1.54) is 0 Å². The van der Waals surface area contributed by atoms with Gasteiger partial charge in [-0.25, -0.2) is 4.79 Å². The van der Waals surface area contributed by atoms with Crippen molar-refractivity contribution in [2.24, 2.45) is 0 Å². The number of carbonyl (C=O) groups is 1. The third-order valence-corrected chi connectivity index (χ3v) is 2.09. The Balaban J connectivity index is 3.19. The van der Waals surface area contributed by atoms with Crippen molar-refractivity contribution in [3.05, 3.63) is 34.2 Å². The number of aromatic nitrogens is 1. The lowest BCUT2D eigenvalue weighted by Crippen LogP contribution is -2.32. The molecule has 0 saturated heterocycles. The Morgan fingerprint density at radius 3 is 2.44 bits per heavy atom. The molecule has 1 rings (SSSR count). The van der Waals surface area contributed by atoms with Gasteiger partial charge in [-0.15, -0.1) is 0 Å². The summed E-state index contributed by atoms with van der Waals surface area (Å²) in [6.45, 7) is 0.821. The summed E-state index contributed by atoms with van der Waals surface area (Å²) in [5.41, 5.74) is -1.33. The van der Waals surface area contributed by atoms with Crippen LogP contribution in [0, 0.1) is 0 Å². The van der Waals surface area contributed by atoms with Crippen LogP contribution in [0.25, 0.3) is 0 Å². The molecule has 7 heteroatoms. The molecular formula is C9H8F3NO3. The summed E-state index contributed by atoms with van der Waals surface area (Å²) in [4.78, 5) is 21.7. The minimum absolute atomic E-state index is 0.337. The number of pyridine rings is 1. The summed E-state index contributed by atoms with van der Waals surface area (Å²) in [5.74, 6) is -1.36. The number of alkyl halides is 3. The van der Waals surface area contributed by atoms with E-state index in [9.17, 15) is 22.8 Å². The van der Waals surface area contributed by atoms with E-state index in [-0.39, 0.29) is 5.56 Å². The average molecular weight is 235 g/mol. The van der Waals surface area contributed by atoms with Gasteiger partial charge in [0.05, 0.1) is 5.56 Å². The largest absolute Gasteiger partial charge is 0.478 e. The molecule has 0 saturated carbocycles. The molecular weight excluding hydrogens is 227 g/mol. The molecule has 0 spiro atoms. The number of halogens is 3. The molecule has 0 aliphatic carbocycles. The molecule has 1 heterocycles. The van der Waals surface area contributed by atoms with Crippen LogP contribution in [0.4, 0.5) is 13.2 Å². The Kier molecular flexibility index (Phi) is 3.06. The number of aromatic carboxylic acids is 1. The molecule has 1 aromatic rings. The monoisotopic (exact) mass is 235 g/mol.